The third-order valence-corrected chi connectivity index (χ3v) is 0.708. The number of rotatable bonds is 0. The fourth-order valence-electron chi connectivity index (χ4n) is 0.268. The van der Waals surface area contributed by atoms with Gasteiger partial charge in [0.1, 0.15) is 17.7 Å². The molecule has 0 bridgehead atoms. The van der Waals surface area contributed by atoms with E-state index < -0.39 is 17.5 Å². The van der Waals surface area contributed by atoms with Crippen molar-refractivity contribution in [3.8, 4) is 12.1 Å². The summed E-state index contributed by atoms with van der Waals surface area (Å²) < 4.78 is 34.2. The summed E-state index contributed by atoms with van der Waals surface area (Å²) in [6.45, 7) is 0. The normalized spacial score (nSPS) is 8.75. The maximum Gasteiger partial charge on any atom is 1.00 e. The molecule has 0 aliphatic rings. The predicted octanol–water partition coefficient (Wildman–Crippen LogP) is -2.79. The number of allylic oxidation sites excluding steroid dienone is 2. The Morgan fingerprint density at radius 2 is 1.50 bits per heavy atom. The maximum absolute atomic E-state index is 11.4. The van der Waals surface area contributed by atoms with Crippen LogP contribution in [0, 0.1) is 22.7 Å². The minimum absolute atomic E-state index is 0. The first-order valence-electron chi connectivity index (χ1n) is 2.22. The molecule has 0 amide bonds. The molecule has 0 aromatic heterocycles. The smallest absolute Gasteiger partial charge is 0.868 e. The topological polar surface area (TPSA) is 70.6 Å². The van der Waals surface area contributed by atoms with Crippen LogP contribution in [0.4, 0.5) is 13.2 Å². The van der Waals surface area contributed by atoms with Gasteiger partial charge in [-0.05, 0) is 0 Å². The second kappa shape index (κ2) is 5.04. The van der Waals surface area contributed by atoms with Crippen LogP contribution in [0.3, 0.4) is 0 Å². The summed E-state index contributed by atoms with van der Waals surface area (Å²) in [7, 11) is 0. The third-order valence-electron chi connectivity index (χ3n) is 0.708. The zero-order chi connectivity index (χ0) is 9.07. The zero-order valence-electron chi connectivity index (χ0n) is 5.94. The summed E-state index contributed by atoms with van der Waals surface area (Å²) in [6.07, 6.45) is -5.14. The van der Waals surface area contributed by atoms with Gasteiger partial charge in [-0.3, -0.25) is 0 Å². The van der Waals surface area contributed by atoms with Crippen molar-refractivity contribution in [1.82, 2.24) is 0 Å². The van der Waals surface area contributed by atoms with Crippen LogP contribution in [0.5, 0.6) is 0 Å². The number of hydrogen-bond donors (Lipinski definition) is 0. The number of hydrogen-bond acceptors (Lipinski definition) is 3. The molecule has 0 rings (SSSR count). The molecule has 0 saturated carbocycles. The van der Waals surface area contributed by atoms with Crippen molar-refractivity contribution in [3.63, 3.8) is 0 Å². The first-order valence-corrected chi connectivity index (χ1v) is 2.22. The van der Waals surface area contributed by atoms with Gasteiger partial charge in [0.2, 0.25) is 0 Å². The number of halogens is 3. The molecule has 0 saturated heterocycles. The van der Waals surface area contributed by atoms with Gasteiger partial charge in [-0.15, -0.1) is 0 Å². The zero-order valence-corrected chi connectivity index (χ0v) is 7.94. The molecule has 12 heavy (non-hydrogen) atoms. The van der Waals surface area contributed by atoms with Gasteiger partial charge in [0.15, 0.2) is 0 Å². The van der Waals surface area contributed by atoms with E-state index in [1.807, 2.05) is 0 Å². The van der Waals surface area contributed by atoms with Crippen molar-refractivity contribution in [3.05, 3.63) is 11.3 Å². The molecule has 7 heteroatoms. The summed E-state index contributed by atoms with van der Waals surface area (Å²) in [6, 6.07) is 1.69. The summed E-state index contributed by atoms with van der Waals surface area (Å²) in [5, 5.41) is 25.7. The number of alkyl halides is 3. The molecule has 0 atom stereocenters. The van der Waals surface area contributed by atoms with Crippen LogP contribution in [0.1, 0.15) is 0 Å². The summed E-state index contributed by atoms with van der Waals surface area (Å²) in [5.41, 5.74) is -1.45. The standard InChI is InChI=1S/C5HF3N2O.Na/c6-5(7,8)4(11)3(1-9)2-10;/h11H;/q;+1/p-1. The Morgan fingerprint density at radius 3 is 1.58 bits per heavy atom. The Kier molecular flexibility index (Phi) is 5.83. The van der Waals surface area contributed by atoms with E-state index >= 15 is 0 Å². The van der Waals surface area contributed by atoms with E-state index in [0.717, 1.165) is 12.1 Å². The van der Waals surface area contributed by atoms with Crippen LogP contribution < -0.4 is 34.7 Å². The molecule has 0 radical (unpaired) electrons. The molecule has 58 valence electrons. The van der Waals surface area contributed by atoms with Gasteiger partial charge in [0, 0.05) is 5.76 Å². The van der Waals surface area contributed by atoms with Crippen molar-refractivity contribution >= 4 is 0 Å². The summed E-state index contributed by atoms with van der Waals surface area (Å²) in [4.78, 5) is 0. The maximum atomic E-state index is 11.4. The molecular formula is C5F3N2NaO. The van der Waals surface area contributed by atoms with E-state index in [-0.39, 0.29) is 29.6 Å². The summed E-state index contributed by atoms with van der Waals surface area (Å²) >= 11 is 0. The van der Waals surface area contributed by atoms with Gasteiger partial charge in [0.25, 0.3) is 0 Å². The van der Waals surface area contributed by atoms with Crippen molar-refractivity contribution in [2.45, 2.75) is 6.18 Å². The van der Waals surface area contributed by atoms with Crippen molar-refractivity contribution in [1.29, 1.82) is 10.5 Å². The molecule has 0 aliphatic carbocycles. The Hall–Kier alpha value is -0.690. The van der Waals surface area contributed by atoms with Crippen LogP contribution in [-0.2, 0) is 0 Å². The third kappa shape index (κ3) is 3.63. The minimum Gasteiger partial charge on any atom is -0.868 e. The monoisotopic (exact) mass is 184 g/mol. The van der Waals surface area contributed by atoms with Crippen LogP contribution in [0.2, 0.25) is 0 Å². The van der Waals surface area contributed by atoms with E-state index in [2.05, 4.69) is 0 Å². The van der Waals surface area contributed by atoms with E-state index in [1.165, 1.54) is 0 Å². The molecular weight excluding hydrogens is 184 g/mol. The van der Waals surface area contributed by atoms with Crippen molar-refractivity contribution in [2.24, 2.45) is 0 Å². The van der Waals surface area contributed by atoms with Gasteiger partial charge >= 0.3 is 35.7 Å². The van der Waals surface area contributed by atoms with Gasteiger partial charge in [-0.25, -0.2) is 0 Å². The van der Waals surface area contributed by atoms with Crippen LogP contribution in [0.15, 0.2) is 11.3 Å². The first-order chi connectivity index (χ1) is 4.93. The molecule has 0 unspecified atom stereocenters. The fourth-order valence-corrected chi connectivity index (χ4v) is 0.268. The Bertz CT molecular complexity index is 254. The Morgan fingerprint density at radius 1 is 1.17 bits per heavy atom. The van der Waals surface area contributed by atoms with Crippen LogP contribution >= 0.6 is 0 Å². The average molecular weight is 184 g/mol. The van der Waals surface area contributed by atoms with E-state index in [4.69, 9.17) is 10.5 Å². The fraction of sp³-hybridized carbons (Fsp3) is 0.200. The Labute approximate surface area is 88.0 Å². The first kappa shape index (κ1) is 13.9. The second-order valence-electron chi connectivity index (χ2n) is 1.43. The van der Waals surface area contributed by atoms with E-state index in [1.54, 1.807) is 0 Å². The molecule has 0 heterocycles. The van der Waals surface area contributed by atoms with Gasteiger partial charge in [-0.2, -0.15) is 23.7 Å². The number of nitriles is 2. The second-order valence-corrected chi connectivity index (χ2v) is 1.43. The van der Waals surface area contributed by atoms with Gasteiger partial charge in [0.05, 0.1) is 0 Å². The molecule has 0 aromatic rings. The largest absolute Gasteiger partial charge is 1.00 e. The van der Waals surface area contributed by atoms with Crippen LogP contribution in [0.25, 0.3) is 0 Å². The molecule has 0 aliphatic heterocycles. The molecule has 0 aromatic carbocycles. The van der Waals surface area contributed by atoms with Crippen LogP contribution in [-0.4, -0.2) is 6.18 Å². The number of nitrogens with zero attached hydrogens (tertiary/aromatic N) is 2. The van der Waals surface area contributed by atoms with E-state index in [0.29, 0.717) is 0 Å². The summed E-state index contributed by atoms with van der Waals surface area (Å²) in [5.74, 6) is -2.40. The van der Waals surface area contributed by atoms with Gasteiger partial charge in [-0.1, -0.05) is 0 Å². The van der Waals surface area contributed by atoms with Crippen molar-refractivity contribution in [2.75, 3.05) is 0 Å². The van der Waals surface area contributed by atoms with E-state index in [9.17, 15) is 18.3 Å². The van der Waals surface area contributed by atoms with Gasteiger partial charge < -0.3 is 5.11 Å². The molecule has 0 spiro atoms. The SMILES string of the molecule is N#CC(C#N)=C([O-])C(F)(F)F.[Na+]. The molecule has 0 N–H and O–H groups in total. The molecule has 3 nitrogen and oxygen atoms in total. The average Bonchev–Trinajstić information content (AvgIpc) is 1.88. The quantitative estimate of drug-likeness (QED) is 0.232. The predicted molar refractivity (Wildman–Crippen MR) is 24.3 cm³/mol. The molecule has 0 fully saturated rings. The minimum atomic E-state index is -5.14. The Balaban J connectivity index is 0. The van der Waals surface area contributed by atoms with Crippen molar-refractivity contribution < 1.29 is 47.8 Å².